The molecule has 1 heterocycles. The Bertz CT molecular complexity index is 852. The van der Waals surface area contributed by atoms with E-state index in [9.17, 15) is 4.79 Å². The number of amides is 1. The van der Waals surface area contributed by atoms with E-state index in [4.69, 9.17) is 21.6 Å². The van der Waals surface area contributed by atoms with Crippen molar-refractivity contribution in [1.82, 2.24) is 15.5 Å². The van der Waals surface area contributed by atoms with Gasteiger partial charge in [-0.3, -0.25) is 9.89 Å². The van der Waals surface area contributed by atoms with Crippen LogP contribution in [0, 0.1) is 22.2 Å². The van der Waals surface area contributed by atoms with Crippen LogP contribution in [0.3, 0.4) is 0 Å². The van der Waals surface area contributed by atoms with Crippen LogP contribution in [-0.2, 0) is 0 Å². The first kappa shape index (κ1) is 18.3. The van der Waals surface area contributed by atoms with E-state index in [0.29, 0.717) is 22.0 Å². The van der Waals surface area contributed by atoms with Gasteiger partial charge in [-0.15, -0.1) is 0 Å². The number of carbonyl (C=O) groups is 1. The number of hydrogen-bond acceptors (Lipinski definition) is 4. The highest BCUT2D eigenvalue weighted by molar-refractivity contribution is 6.31. The van der Waals surface area contributed by atoms with Crippen LogP contribution < -0.4 is 10.1 Å². The number of nitrogens with one attached hydrogen (secondary N) is 2. The van der Waals surface area contributed by atoms with Gasteiger partial charge in [0.2, 0.25) is 0 Å². The summed E-state index contributed by atoms with van der Waals surface area (Å²) in [6.07, 6.45) is 1.41. The zero-order valence-corrected chi connectivity index (χ0v) is 15.9. The van der Waals surface area contributed by atoms with Crippen molar-refractivity contribution in [3.63, 3.8) is 0 Å². The smallest absolute Gasteiger partial charge is 0.269 e. The second-order valence-electron chi connectivity index (χ2n) is 7.77. The fourth-order valence-electron chi connectivity index (χ4n) is 4.19. The van der Waals surface area contributed by atoms with Crippen molar-refractivity contribution in [2.24, 2.45) is 10.8 Å². The van der Waals surface area contributed by atoms with Crippen LogP contribution in [0.4, 0.5) is 0 Å². The fraction of sp³-hybridized carbons (Fsp3) is 0.421. The molecule has 1 aromatic heterocycles. The monoisotopic (exact) mass is 372 g/mol. The standard InChI is InChI=1S/C19H21ClN4O2/c1-18(2)16(23-15(25)14-7-8-22-24-14)19(3,4)17(18)26-12-6-5-11(10-21)13(20)9-12/h5-9,16-17H,1-4H3,(H,22,24)(H,23,25). The molecular weight excluding hydrogens is 352 g/mol. The number of aromatic amines is 1. The number of aromatic nitrogens is 2. The number of halogens is 1. The molecule has 1 amide bonds. The van der Waals surface area contributed by atoms with Crippen LogP contribution in [-0.4, -0.2) is 28.3 Å². The molecule has 1 fully saturated rings. The van der Waals surface area contributed by atoms with Crippen LogP contribution in [0.25, 0.3) is 0 Å². The lowest BCUT2D eigenvalue weighted by molar-refractivity contribution is -0.164. The zero-order chi connectivity index (χ0) is 19.1. The molecule has 2 N–H and O–H groups in total. The van der Waals surface area contributed by atoms with Crippen molar-refractivity contribution in [3.05, 3.63) is 46.7 Å². The largest absolute Gasteiger partial charge is 0.489 e. The highest BCUT2D eigenvalue weighted by Crippen LogP contribution is 2.55. The first-order chi connectivity index (χ1) is 12.2. The van der Waals surface area contributed by atoms with E-state index in [1.165, 1.54) is 0 Å². The summed E-state index contributed by atoms with van der Waals surface area (Å²) in [5.41, 5.74) is 0.259. The minimum absolute atomic E-state index is 0.0790. The van der Waals surface area contributed by atoms with Gasteiger partial charge in [0.1, 0.15) is 23.6 Å². The maximum atomic E-state index is 12.4. The van der Waals surface area contributed by atoms with Crippen molar-refractivity contribution < 1.29 is 9.53 Å². The predicted octanol–water partition coefficient (Wildman–Crippen LogP) is 3.55. The minimum atomic E-state index is -0.292. The Balaban J connectivity index is 1.77. The quantitative estimate of drug-likeness (QED) is 0.858. The summed E-state index contributed by atoms with van der Waals surface area (Å²) in [7, 11) is 0. The molecule has 1 aromatic carbocycles. The predicted molar refractivity (Wildman–Crippen MR) is 98.0 cm³/mol. The van der Waals surface area contributed by atoms with Crippen molar-refractivity contribution in [2.45, 2.75) is 39.8 Å². The summed E-state index contributed by atoms with van der Waals surface area (Å²) >= 11 is 6.10. The minimum Gasteiger partial charge on any atom is -0.489 e. The average Bonchev–Trinajstić information content (AvgIpc) is 3.11. The summed E-state index contributed by atoms with van der Waals surface area (Å²) in [6.45, 7) is 8.25. The second kappa shape index (κ2) is 6.33. The Labute approximate surface area is 157 Å². The highest BCUT2D eigenvalue weighted by atomic mass is 35.5. The fourth-order valence-corrected chi connectivity index (χ4v) is 4.40. The van der Waals surface area contributed by atoms with E-state index in [0.717, 1.165) is 0 Å². The first-order valence-corrected chi connectivity index (χ1v) is 8.72. The molecule has 0 spiro atoms. The Morgan fingerprint density at radius 3 is 2.54 bits per heavy atom. The number of nitrogens with zero attached hydrogens (tertiary/aromatic N) is 2. The van der Waals surface area contributed by atoms with E-state index >= 15 is 0 Å². The first-order valence-electron chi connectivity index (χ1n) is 8.34. The molecule has 0 aliphatic heterocycles. The number of ether oxygens (including phenoxy) is 1. The van der Waals surface area contributed by atoms with Crippen molar-refractivity contribution in [1.29, 1.82) is 5.26 Å². The molecular formula is C19H21ClN4O2. The topological polar surface area (TPSA) is 90.8 Å². The third kappa shape index (κ3) is 2.93. The van der Waals surface area contributed by atoms with Crippen molar-refractivity contribution >= 4 is 17.5 Å². The normalized spacial score (nSPS) is 22.8. The molecule has 0 unspecified atom stereocenters. The van der Waals surface area contributed by atoms with Crippen molar-refractivity contribution in [3.8, 4) is 11.8 Å². The number of benzene rings is 1. The van der Waals surface area contributed by atoms with E-state index in [-0.39, 0.29) is 28.9 Å². The Morgan fingerprint density at radius 2 is 2.00 bits per heavy atom. The zero-order valence-electron chi connectivity index (χ0n) is 15.1. The van der Waals surface area contributed by atoms with Gasteiger partial charge in [0.25, 0.3) is 5.91 Å². The Hall–Kier alpha value is -2.52. The van der Waals surface area contributed by atoms with E-state index in [1.54, 1.807) is 30.5 Å². The van der Waals surface area contributed by atoms with Crippen molar-refractivity contribution in [2.75, 3.05) is 0 Å². The molecule has 1 aliphatic rings. The van der Waals surface area contributed by atoms with Crippen LogP contribution in [0.5, 0.6) is 5.75 Å². The molecule has 1 saturated carbocycles. The lowest BCUT2D eigenvalue weighted by atomic mass is 9.49. The van der Waals surface area contributed by atoms with Gasteiger partial charge in [0.05, 0.1) is 10.6 Å². The number of carbonyl (C=O) groups excluding carboxylic acids is 1. The molecule has 0 bridgehead atoms. The van der Waals surface area contributed by atoms with Gasteiger partial charge in [-0.05, 0) is 18.2 Å². The summed E-state index contributed by atoms with van der Waals surface area (Å²) in [4.78, 5) is 12.4. The molecule has 7 heteroatoms. The van der Waals surface area contributed by atoms with Gasteiger partial charge < -0.3 is 10.1 Å². The lowest BCUT2D eigenvalue weighted by Gasteiger charge is -2.63. The molecule has 1 aliphatic carbocycles. The lowest BCUT2D eigenvalue weighted by Crippen LogP contribution is -2.74. The molecule has 26 heavy (non-hydrogen) atoms. The van der Waals surface area contributed by atoms with E-state index < -0.39 is 0 Å². The van der Waals surface area contributed by atoms with Gasteiger partial charge in [-0.2, -0.15) is 10.4 Å². The molecule has 0 atom stereocenters. The number of rotatable bonds is 4. The van der Waals surface area contributed by atoms with Crippen LogP contribution >= 0.6 is 11.6 Å². The van der Waals surface area contributed by atoms with Gasteiger partial charge in [-0.25, -0.2) is 0 Å². The van der Waals surface area contributed by atoms with Crippen LogP contribution in [0.2, 0.25) is 5.02 Å². The average molecular weight is 373 g/mol. The third-order valence-corrected chi connectivity index (χ3v) is 5.49. The highest BCUT2D eigenvalue weighted by Gasteiger charge is 2.64. The molecule has 3 rings (SSSR count). The maximum Gasteiger partial charge on any atom is 0.269 e. The molecule has 0 saturated heterocycles. The molecule has 136 valence electrons. The third-order valence-electron chi connectivity index (χ3n) is 5.18. The summed E-state index contributed by atoms with van der Waals surface area (Å²) in [5, 5.41) is 18.9. The Kier molecular flexibility index (Phi) is 4.45. The van der Waals surface area contributed by atoms with E-state index in [2.05, 4.69) is 43.2 Å². The van der Waals surface area contributed by atoms with Gasteiger partial charge in [-0.1, -0.05) is 39.3 Å². The molecule has 0 radical (unpaired) electrons. The SMILES string of the molecule is CC1(C)C(NC(=O)c2ccn[nH]2)C(C)(C)C1Oc1ccc(C#N)c(Cl)c1. The van der Waals surface area contributed by atoms with Gasteiger partial charge in [0, 0.05) is 29.1 Å². The van der Waals surface area contributed by atoms with Gasteiger partial charge >= 0.3 is 0 Å². The maximum absolute atomic E-state index is 12.4. The summed E-state index contributed by atoms with van der Waals surface area (Å²) < 4.78 is 6.20. The summed E-state index contributed by atoms with van der Waals surface area (Å²) in [5.74, 6) is 0.423. The molecule has 6 nitrogen and oxygen atoms in total. The van der Waals surface area contributed by atoms with Gasteiger partial charge in [0.15, 0.2) is 0 Å². The van der Waals surface area contributed by atoms with Crippen LogP contribution in [0.15, 0.2) is 30.5 Å². The molecule has 2 aromatic rings. The van der Waals surface area contributed by atoms with E-state index in [1.807, 2.05) is 6.07 Å². The van der Waals surface area contributed by atoms with Crippen LogP contribution in [0.1, 0.15) is 43.7 Å². The number of H-pyrrole nitrogens is 1. The second-order valence-corrected chi connectivity index (χ2v) is 8.18. The summed E-state index contributed by atoms with van der Waals surface area (Å²) in [6, 6.07) is 8.64. The number of hydrogen-bond donors (Lipinski definition) is 2. The number of nitriles is 1. The Morgan fingerprint density at radius 1 is 1.31 bits per heavy atom.